The van der Waals surface area contributed by atoms with Crippen LogP contribution in [0, 0.1) is 0 Å². The van der Waals surface area contributed by atoms with Gasteiger partial charge in [-0.25, -0.2) is 0 Å². The highest BCUT2D eigenvalue weighted by Gasteiger charge is 2.62. The van der Waals surface area contributed by atoms with E-state index in [0.717, 1.165) is 31.2 Å². The second-order valence-corrected chi connectivity index (χ2v) is 9.16. The van der Waals surface area contributed by atoms with Crippen LogP contribution in [0.5, 0.6) is 0 Å². The van der Waals surface area contributed by atoms with Crippen LogP contribution < -0.4 is 0 Å². The van der Waals surface area contributed by atoms with Gasteiger partial charge in [0.05, 0.1) is 26.4 Å². The fraction of sp³-hybridized carbons (Fsp3) is 0.571. The molecule has 34 heavy (non-hydrogen) atoms. The molecule has 4 rings (SSSR count). The van der Waals surface area contributed by atoms with E-state index in [1.165, 1.54) is 6.42 Å². The van der Waals surface area contributed by atoms with E-state index in [0.29, 0.717) is 26.4 Å². The quantitative estimate of drug-likeness (QED) is 0.411. The summed E-state index contributed by atoms with van der Waals surface area (Å²) in [6, 6.07) is 10.1. The van der Waals surface area contributed by atoms with Gasteiger partial charge >= 0.3 is 0 Å². The van der Waals surface area contributed by atoms with Gasteiger partial charge in [-0.15, -0.1) is 19.7 Å². The lowest BCUT2D eigenvalue weighted by Gasteiger charge is -2.46. The van der Waals surface area contributed by atoms with Crippen molar-refractivity contribution in [2.24, 2.45) is 0 Å². The van der Waals surface area contributed by atoms with Gasteiger partial charge in [-0.05, 0) is 18.4 Å². The lowest BCUT2D eigenvalue weighted by Crippen LogP contribution is -2.65. The molecule has 1 heterocycles. The summed E-state index contributed by atoms with van der Waals surface area (Å²) in [6.45, 7) is 13.0. The zero-order valence-electron chi connectivity index (χ0n) is 20.0. The number of rotatable bonds is 12. The normalized spacial score (nSPS) is 32.2. The number of ether oxygens (including phenoxy) is 6. The number of hydrogen-bond donors (Lipinski definition) is 0. The highest BCUT2D eigenvalue weighted by molar-refractivity contribution is 5.14. The summed E-state index contributed by atoms with van der Waals surface area (Å²) in [4.78, 5) is 0. The SMILES string of the molecule is C=CCO[C@H]1[C@H](OCC=C)[C@@H](OCc2ccccc2)[C@@H]2OC3(CCCCC3)O[C@@H]2[C@@H]1OCC=C. The Balaban J connectivity index is 1.66. The Hall–Kier alpha value is -1.80. The van der Waals surface area contributed by atoms with Crippen molar-refractivity contribution in [1.82, 2.24) is 0 Å². The summed E-state index contributed by atoms with van der Waals surface area (Å²) in [6.07, 6.45) is 7.99. The van der Waals surface area contributed by atoms with E-state index in [1.54, 1.807) is 18.2 Å². The topological polar surface area (TPSA) is 55.4 Å². The minimum Gasteiger partial charge on any atom is -0.369 e. The highest BCUT2D eigenvalue weighted by atomic mass is 16.8. The Morgan fingerprint density at radius 3 is 1.74 bits per heavy atom. The summed E-state index contributed by atoms with van der Waals surface area (Å²) >= 11 is 0. The second kappa shape index (κ2) is 12.2. The molecule has 1 spiro atoms. The minimum atomic E-state index is -0.603. The van der Waals surface area contributed by atoms with E-state index < -0.39 is 30.2 Å². The van der Waals surface area contributed by atoms with Crippen LogP contribution in [0.3, 0.4) is 0 Å². The van der Waals surface area contributed by atoms with Crippen LogP contribution in [0.15, 0.2) is 68.3 Å². The lowest BCUT2D eigenvalue weighted by atomic mass is 9.84. The average molecular weight is 471 g/mol. The highest BCUT2D eigenvalue weighted by Crippen LogP contribution is 2.47. The number of benzene rings is 1. The predicted octanol–water partition coefficient (Wildman–Crippen LogP) is 4.74. The molecule has 0 aromatic heterocycles. The smallest absolute Gasteiger partial charge is 0.169 e. The van der Waals surface area contributed by atoms with E-state index in [4.69, 9.17) is 28.4 Å². The number of hydrogen-bond acceptors (Lipinski definition) is 6. The summed E-state index contributed by atoms with van der Waals surface area (Å²) in [7, 11) is 0. The molecule has 1 aromatic rings. The maximum Gasteiger partial charge on any atom is 0.169 e. The van der Waals surface area contributed by atoms with Gasteiger partial charge in [0.25, 0.3) is 0 Å². The van der Waals surface area contributed by atoms with Crippen LogP contribution in [-0.2, 0) is 35.0 Å². The maximum atomic E-state index is 6.73. The number of fused-ring (bicyclic) bond motifs is 1. The van der Waals surface area contributed by atoms with Gasteiger partial charge in [0.1, 0.15) is 36.6 Å². The molecule has 2 aliphatic carbocycles. The van der Waals surface area contributed by atoms with Crippen molar-refractivity contribution in [3.8, 4) is 0 Å². The molecule has 2 saturated carbocycles. The van der Waals surface area contributed by atoms with Gasteiger partial charge in [-0.1, -0.05) is 55.0 Å². The Labute approximate surface area is 203 Å². The standard InChI is InChI=1S/C28H38O6/c1-4-17-29-22-23(30-18-5-2)25(32-20-21-13-9-7-10-14-21)27-26(24(22)31-19-6-3)33-28(34-27)15-11-8-12-16-28/h4-7,9-10,13-14,22-27H,1-3,8,11-12,15-20H2/t22-,23-,24+,25+,26+,27-/m0/s1. The van der Waals surface area contributed by atoms with E-state index in [2.05, 4.69) is 31.9 Å². The minimum absolute atomic E-state index is 0.336. The van der Waals surface area contributed by atoms with Gasteiger partial charge in [0.2, 0.25) is 0 Å². The van der Waals surface area contributed by atoms with E-state index in [1.807, 2.05) is 18.2 Å². The first-order valence-electron chi connectivity index (χ1n) is 12.4. The Kier molecular flexibility index (Phi) is 9.11. The van der Waals surface area contributed by atoms with Gasteiger partial charge in [0.15, 0.2) is 5.79 Å². The Morgan fingerprint density at radius 1 is 0.706 bits per heavy atom. The monoisotopic (exact) mass is 470 g/mol. The van der Waals surface area contributed by atoms with E-state index >= 15 is 0 Å². The fourth-order valence-corrected chi connectivity index (χ4v) is 5.30. The van der Waals surface area contributed by atoms with Crippen molar-refractivity contribution in [3.05, 3.63) is 73.9 Å². The molecule has 0 bridgehead atoms. The molecule has 1 aromatic carbocycles. The van der Waals surface area contributed by atoms with Crippen LogP contribution in [-0.4, -0.2) is 62.2 Å². The molecular weight excluding hydrogens is 432 g/mol. The zero-order chi connectivity index (χ0) is 23.8. The van der Waals surface area contributed by atoms with Crippen LogP contribution in [0.2, 0.25) is 0 Å². The second-order valence-electron chi connectivity index (χ2n) is 9.16. The molecule has 3 aliphatic rings. The molecule has 1 saturated heterocycles. The lowest BCUT2D eigenvalue weighted by molar-refractivity contribution is -0.239. The van der Waals surface area contributed by atoms with Crippen molar-refractivity contribution in [2.75, 3.05) is 19.8 Å². The first-order valence-corrected chi connectivity index (χ1v) is 12.4. The largest absolute Gasteiger partial charge is 0.369 e. The van der Waals surface area contributed by atoms with E-state index in [9.17, 15) is 0 Å². The molecule has 0 N–H and O–H groups in total. The van der Waals surface area contributed by atoms with Crippen molar-refractivity contribution in [2.45, 2.75) is 81.1 Å². The Morgan fingerprint density at radius 2 is 1.21 bits per heavy atom. The molecule has 6 nitrogen and oxygen atoms in total. The van der Waals surface area contributed by atoms with E-state index in [-0.39, 0.29) is 12.2 Å². The molecule has 186 valence electrons. The van der Waals surface area contributed by atoms with Crippen molar-refractivity contribution in [1.29, 1.82) is 0 Å². The molecule has 0 radical (unpaired) electrons. The first-order chi connectivity index (χ1) is 16.7. The van der Waals surface area contributed by atoms with Crippen LogP contribution in [0.4, 0.5) is 0 Å². The third kappa shape index (κ3) is 5.70. The molecule has 6 heteroatoms. The van der Waals surface area contributed by atoms with Crippen LogP contribution >= 0.6 is 0 Å². The molecule has 0 amide bonds. The van der Waals surface area contributed by atoms with Gasteiger partial charge in [-0.2, -0.15) is 0 Å². The third-order valence-corrected chi connectivity index (χ3v) is 6.76. The fourth-order valence-electron chi connectivity index (χ4n) is 5.30. The molecule has 3 fully saturated rings. The summed E-state index contributed by atoms with van der Waals surface area (Å²) in [5, 5.41) is 0. The third-order valence-electron chi connectivity index (χ3n) is 6.76. The molecule has 6 atom stereocenters. The summed E-state index contributed by atoms with van der Waals surface area (Å²) < 4.78 is 38.8. The van der Waals surface area contributed by atoms with Gasteiger partial charge in [-0.3, -0.25) is 0 Å². The molecule has 1 aliphatic heterocycles. The summed E-state index contributed by atoms with van der Waals surface area (Å²) in [5.41, 5.74) is 1.08. The van der Waals surface area contributed by atoms with Crippen LogP contribution in [0.1, 0.15) is 37.7 Å². The Bertz CT molecular complexity index is 789. The average Bonchev–Trinajstić information content (AvgIpc) is 3.23. The predicted molar refractivity (Wildman–Crippen MR) is 130 cm³/mol. The maximum absolute atomic E-state index is 6.73. The van der Waals surface area contributed by atoms with Gasteiger partial charge < -0.3 is 28.4 Å². The zero-order valence-corrected chi connectivity index (χ0v) is 20.0. The van der Waals surface area contributed by atoms with Crippen molar-refractivity contribution >= 4 is 0 Å². The molecular formula is C28H38O6. The summed E-state index contributed by atoms with van der Waals surface area (Å²) in [5.74, 6) is -0.603. The molecule has 0 unspecified atom stereocenters. The van der Waals surface area contributed by atoms with Crippen LogP contribution in [0.25, 0.3) is 0 Å². The van der Waals surface area contributed by atoms with Crippen molar-refractivity contribution < 1.29 is 28.4 Å². The van der Waals surface area contributed by atoms with Crippen molar-refractivity contribution in [3.63, 3.8) is 0 Å². The van der Waals surface area contributed by atoms with Gasteiger partial charge in [0, 0.05) is 12.8 Å². The first kappa shape index (κ1) is 25.3.